The molecule has 0 amide bonds. The third-order valence-electron chi connectivity index (χ3n) is 3.99. The SMILES string of the molecule is Clc1ccc(C2=NO[C@@H]3c4ccccc4C[C@@H]23)c(Cl)c1. The average Bonchev–Trinajstić information content (AvgIpc) is 2.98. The van der Waals surface area contributed by atoms with Gasteiger partial charge < -0.3 is 4.84 Å². The lowest BCUT2D eigenvalue weighted by atomic mass is 9.93. The minimum absolute atomic E-state index is 0.0212. The first-order valence-electron chi connectivity index (χ1n) is 6.51. The predicted molar refractivity (Wildman–Crippen MR) is 80.5 cm³/mol. The zero-order chi connectivity index (χ0) is 13.7. The summed E-state index contributed by atoms with van der Waals surface area (Å²) in [5.74, 6) is 0.242. The van der Waals surface area contributed by atoms with E-state index in [2.05, 4.69) is 23.4 Å². The molecule has 0 radical (unpaired) electrons. The number of fused-ring (bicyclic) bond motifs is 3. The van der Waals surface area contributed by atoms with E-state index in [1.54, 1.807) is 6.07 Å². The number of halogens is 2. The van der Waals surface area contributed by atoms with Crippen molar-refractivity contribution in [2.24, 2.45) is 11.1 Å². The molecule has 0 unspecified atom stereocenters. The Morgan fingerprint density at radius 2 is 1.95 bits per heavy atom. The van der Waals surface area contributed by atoms with Crippen molar-refractivity contribution in [1.82, 2.24) is 0 Å². The molecule has 1 aliphatic heterocycles. The van der Waals surface area contributed by atoms with Gasteiger partial charge in [-0.1, -0.05) is 58.7 Å². The summed E-state index contributed by atoms with van der Waals surface area (Å²) in [6.45, 7) is 0. The standard InChI is InChI=1S/C16H11Cl2NO/c17-10-5-6-12(14(18)8-10)15-13-7-9-3-1-2-4-11(9)16(13)20-19-15/h1-6,8,13,16H,7H2/t13-,16+/m0/s1. The van der Waals surface area contributed by atoms with Crippen LogP contribution in [-0.2, 0) is 11.3 Å². The van der Waals surface area contributed by atoms with Crippen molar-refractivity contribution in [1.29, 1.82) is 0 Å². The van der Waals surface area contributed by atoms with Crippen molar-refractivity contribution >= 4 is 28.9 Å². The molecule has 2 aromatic carbocycles. The minimum Gasteiger partial charge on any atom is -0.387 e. The van der Waals surface area contributed by atoms with Gasteiger partial charge in [0.2, 0.25) is 0 Å². The average molecular weight is 304 g/mol. The zero-order valence-corrected chi connectivity index (χ0v) is 12.0. The summed E-state index contributed by atoms with van der Waals surface area (Å²) >= 11 is 12.2. The van der Waals surface area contributed by atoms with E-state index in [1.807, 2.05) is 18.2 Å². The second-order valence-corrected chi connectivity index (χ2v) is 5.98. The van der Waals surface area contributed by atoms with E-state index >= 15 is 0 Å². The molecule has 0 bridgehead atoms. The lowest BCUT2D eigenvalue weighted by Gasteiger charge is -2.11. The van der Waals surface area contributed by atoms with Gasteiger partial charge in [-0.05, 0) is 29.7 Å². The maximum absolute atomic E-state index is 6.29. The Kier molecular flexibility index (Phi) is 2.76. The summed E-state index contributed by atoms with van der Waals surface area (Å²) in [5, 5.41) is 5.52. The van der Waals surface area contributed by atoms with Crippen molar-refractivity contribution in [2.75, 3.05) is 0 Å². The van der Waals surface area contributed by atoms with Crippen molar-refractivity contribution in [3.05, 3.63) is 69.2 Å². The highest BCUT2D eigenvalue weighted by molar-refractivity contribution is 6.37. The molecular formula is C16H11Cl2NO. The second kappa shape index (κ2) is 4.51. The van der Waals surface area contributed by atoms with Gasteiger partial charge >= 0.3 is 0 Å². The molecule has 100 valence electrons. The second-order valence-electron chi connectivity index (χ2n) is 5.14. The summed E-state index contributed by atoms with van der Waals surface area (Å²) in [5.41, 5.74) is 4.41. The highest BCUT2D eigenvalue weighted by Crippen LogP contribution is 2.45. The molecule has 2 aromatic rings. The number of hydrogen-bond acceptors (Lipinski definition) is 2. The van der Waals surface area contributed by atoms with Gasteiger partial charge in [-0.3, -0.25) is 0 Å². The molecule has 2 nitrogen and oxygen atoms in total. The summed E-state index contributed by atoms with van der Waals surface area (Å²) in [7, 11) is 0. The lowest BCUT2D eigenvalue weighted by Crippen LogP contribution is -2.15. The van der Waals surface area contributed by atoms with Gasteiger partial charge in [0.05, 0.1) is 16.7 Å². The number of hydrogen-bond donors (Lipinski definition) is 0. The highest BCUT2D eigenvalue weighted by Gasteiger charge is 2.42. The fourth-order valence-electron chi connectivity index (χ4n) is 3.06. The van der Waals surface area contributed by atoms with E-state index in [-0.39, 0.29) is 12.0 Å². The van der Waals surface area contributed by atoms with Crippen LogP contribution in [0.2, 0.25) is 10.0 Å². The number of nitrogens with zero attached hydrogens (tertiary/aromatic N) is 1. The van der Waals surface area contributed by atoms with Crippen LogP contribution in [0.3, 0.4) is 0 Å². The molecule has 4 heteroatoms. The summed E-state index contributed by atoms with van der Waals surface area (Å²) in [4.78, 5) is 5.65. The topological polar surface area (TPSA) is 21.6 Å². The van der Waals surface area contributed by atoms with Gasteiger partial charge in [-0.15, -0.1) is 0 Å². The third-order valence-corrected chi connectivity index (χ3v) is 4.54. The monoisotopic (exact) mass is 303 g/mol. The van der Waals surface area contributed by atoms with Crippen LogP contribution in [0.1, 0.15) is 22.8 Å². The molecule has 1 aliphatic carbocycles. The van der Waals surface area contributed by atoms with Crippen LogP contribution in [0, 0.1) is 5.92 Å². The van der Waals surface area contributed by atoms with E-state index in [4.69, 9.17) is 28.0 Å². The van der Waals surface area contributed by atoms with E-state index in [9.17, 15) is 0 Å². The molecule has 0 aromatic heterocycles. The Hall–Kier alpha value is -1.51. The Morgan fingerprint density at radius 1 is 1.10 bits per heavy atom. The van der Waals surface area contributed by atoms with Crippen LogP contribution in [0.15, 0.2) is 47.6 Å². The lowest BCUT2D eigenvalue weighted by molar-refractivity contribution is 0.0697. The van der Waals surface area contributed by atoms with Gasteiger partial charge in [0.1, 0.15) is 0 Å². The predicted octanol–water partition coefficient (Wildman–Crippen LogP) is 4.64. The quantitative estimate of drug-likeness (QED) is 0.752. The van der Waals surface area contributed by atoms with Gasteiger partial charge in [-0.2, -0.15) is 0 Å². The largest absolute Gasteiger partial charge is 0.387 e. The Bertz CT molecular complexity index is 726. The maximum Gasteiger partial charge on any atom is 0.161 e. The fraction of sp³-hybridized carbons (Fsp3) is 0.188. The highest BCUT2D eigenvalue weighted by atomic mass is 35.5. The van der Waals surface area contributed by atoms with Crippen LogP contribution in [0.25, 0.3) is 0 Å². The molecule has 1 heterocycles. The van der Waals surface area contributed by atoms with Crippen molar-refractivity contribution in [3.63, 3.8) is 0 Å². The van der Waals surface area contributed by atoms with Crippen LogP contribution in [-0.4, -0.2) is 5.71 Å². The van der Waals surface area contributed by atoms with E-state index in [0.717, 1.165) is 17.7 Å². The number of rotatable bonds is 1. The normalized spacial score (nSPS) is 23.0. The molecule has 0 spiro atoms. The first-order valence-corrected chi connectivity index (χ1v) is 7.26. The Labute approximate surface area is 127 Å². The molecule has 20 heavy (non-hydrogen) atoms. The zero-order valence-electron chi connectivity index (χ0n) is 10.5. The Balaban J connectivity index is 1.74. The summed E-state index contributed by atoms with van der Waals surface area (Å²) in [6.07, 6.45) is 0.964. The Morgan fingerprint density at radius 3 is 2.80 bits per heavy atom. The van der Waals surface area contributed by atoms with Crippen LogP contribution in [0.5, 0.6) is 0 Å². The van der Waals surface area contributed by atoms with Gasteiger partial charge in [-0.25, -0.2) is 0 Å². The number of oxime groups is 1. The van der Waals surface area contributed by atoms with Gasteiger partial charge in [0, 0.05) is 10.6 Å². The van der Waals surface area contributed by atoms with Crippen LogP contribution >= 0.6 is 23.2 Å². The minimum atomic E-state index is 0.0212. The van der Waals surface area contributed by atoms with E-state index in [0.29, 0.717) is 10.0 Å². The molecule has 0 saturated carbocycles. The van der Waals surface area contributed by atoms with Gasteiger partial charge in [0.25, 0.3) is 0 Å². The third kappa shape index (κ3) is 1.75. The molecule has 0 fully saturated rings. The van der Waals surface area contributed by atoms with Crippen LogP contribution in [0.4, 0.5) is 0 Å². The van der Waals surface area contributed by atoms with Gasteiger partial charge in [0.15, 0.2) is 6.10 Å². The molecule has 2 aliphatic rings. The van der Waals surface area contributed by atoms with Crippen molar-refractivity contribution in [2.45, 2.75) is 12.5 Å². The smallest absolute Gasteiger partial charge is 0.161 e. The molecule has 4 rings (SSSR count). The first kappa shape index (κ1) is 12.2. The van der Waals surface area contributed by atoms with Crippen molar-refractivity contribution in [3.8, 4) is 0 Å². The number of benzene rings is 2. The summed E-state index contributed by atoms with van der Waals surface area (Å²) < 4.78 is 0. The molecule has 0 saturated heterocycles. The fourth-order valence-corrected chi connectivity index (χ4v) is 3.56. The summed E-state index contributed by atoms with van der Waals surface area (Å²) in [6, 6.07) is 13.9. The molecular weight excluding hydrogens is 293 g/mol. The van der Waals surface area contributed by atoms with E-state index < -0.39 is 0 Å². The first-order chi connectivity index (χ1) is 9.74. The molecule has 0 N–H and O–H groups in total. The van der Waals surface area contributed by atoms with Crippen LogP contribution < -0.4 is 0 Å². The van der Waals surface area contributed by atoms with Crippen molar-refractivity contribution < 1.29 is 4.84 Å². The molecule has 2 atom stereocenters. The maximum atomic E-state index is 6.29. The van der Waals surface area contributed by atoms with E-state index in [1.165, 1.54) is 11.1 Å².